The number of oxime groups is 1. The topological polar surface area (TPSA) is 61.7 Å². The van der Waals surface area contributed by atoms with Crippen LogP contribution in [0.1, 0.15) is 5.56 Å². The summed E-state index contributed by atoms with van der Waals surface area (Å²) in [6.45, 7) is 0. The number of benzene rings is 1. The summed E-state index contributed by atoms with van der Waals surface area (Å²) < 4.78 is 0. The molecule has 6 heteroatoms. The monoisotopic (exact) mass is 254 g/mol. The zero-order chi connectivity index (χ0) is 11.5. The molecule has 1 amide bonds. The van der Waals surface area contributed by atoms with Crippen LogP contribution in [0.15, 0.2) is 34.3 Å². The lowest BCUT2D eigenvalue weighted by Gasteiger charge is -1.94. The summed E-state index contributed by atoms with van der Waals surface area (Å²) in [5, 5.41) is 14.7. The predicted octanol–water partition coefficient (Wildman–Crippen LogP) is 2.29. The number of nitrogens with zero attached hydrogens (tertiary/aromatic N) is 1. The van der Waals surface area contributed by atoms with E-state index in [2.05, 4.69) is 10.5 Å². The van der Waals surface area contributed by atoms with Gasteiger partial charge in [-0.2, -0.15) is 0 Å². The van der Waals surface area contributed by atoms with Crippen molar-refractivity contribution in [3.8, 4) is 0 Å². The van der Waals surface area contributed by atoms with Gasteiger partial charge in [0.25, 0.3) is 5.91 Å². The first-order valence-corrected chi connectivity index (χ1v) is 5.57. The Kier molecular flexibility index (Phi) is 3.17. The molecule has 4 nitrogen and oxygen atoms in total. The Morgan fingerprint density at radius 1 is 1.38 bits per heavy atom. The van der Waals surface area contributed by atoms with E-state index in [1.807, 2.05) is 0 Å². The van der Waals surface area contributed by atoms with Crippen molar-refractivity contribution in [1.29, 1.82) is 0 Å². The first-order chi connectivity index (χ1) is 7.69. The normalized spacial score (nSPS) is 20.4. The Labute approximate surface area is 101 Å². The molecule has 1 aromatic carbocycles. The summed E-state index contributed by atoms with van der Waals surface area (Å²) in [6.07, 6.45) is 1.70. The second kappa shape index (κ2) is 4.59. The summed E-state index contributed by atoms with van der Waals surface area (Å²) in [5.41, 5.74) is 0.862. The Bertz CT molecular complexity index is 482. The fourth-order valence-electron chi connectivity index (χ4n) is 1.19. The van der Waals surface area contributed by atoms with Crippen molar-refractivity contribution in [2.45, 2.75) is 0 Å². The van der Waals surface area contributed by atoms with E-state index in [1.54, 1.807) is 30.3 Å². The summed E-state index contributed by atoms with van der Waals surface area (Å²) in [4.78, 5) is 11.9. The fraction of sp³-hybridized carbons (Fsp3) is 0. The van der Waals surface area contributed by atoms with Gasteiger partial charge >= 0.3 is 0 Å². The molecule has 1 saturated heterocycles. The van der Waals surface area contributed by atoms with Gasteiger partial charge in [0.05, 0.1) is 4.91 Å². The number of carbonyl (C=O) groups excluding carboxylic acids is 1. The molecule has 0 spiro atoms. The highest BCUT2D eigenvalue weighted by Crippen LogP contribution is 2.25. The van der Waals surface area contributed by atoms with Crippen molar-refractivity contribution in [2.24, 2.45) is 5.16 Å². The van der Waals surface area contributed by atoms with Crippen LogP contribution in [0.5, 0.6) is 0 Å². The molecule has 2 N–H and O–H groups in total. The van der Waals surface area contributed by atoms with E-state index in [-0.39, 0.29) is 11.1 Å². The average molecular weight is 255 g/mol. The molecular weight excluding hydrogens is 248 g/mol. The molecule has 1 heterocycles. The van der Waals surface area contributed by atoms with E-state index in [0.717, 1.165) is 17.3 Å². The largest absolute Gasteiger partial charge is 0.409 e. The molecule has 1 aliphatic heterocycles. The second-order valence-electron chi connectivity index (χ2n) is 3.02. The third-order valence-corrected chi connectivity index (χ3v) is 3.06. The third kappa shape index (κ3) is 2.37. The molecule has 1 fully saturated rings. The minimum Gasteiger partial charge on any atom is -0.409 e. The number of thioether (sulfide) groups is 1. The van der Waals surface area contributed by atoms with Crippen LogP contribution in [-0.4, -0.2) is 16.3 Å². The SMILES string of the molecule is O=C1N/C(=N/O)S/C1=C/c1ccc(Cl)cc1. The molecule has 2 rings (SSSR count). The number of rotatable bonds is 1. The summed E-state index contributed by atoms with van der Waals surface area (Å²) in [7, 11) is 0. The second-order valence-corrected chi connectivity index (χ2v) is 4.49. The Hall–Kier alpha value is -1.46. The van der Waals surface area contributed by atoms with Crippen LogP contribution < -0.4 is 5.32 Å². The molecule has 1 aromatic rings. The molecule has 0 bridgehead atoms. The smallest absolute Gasteiger partial charge is 0.264 e. The third-order valence-electron chi connectivity index (χ3n) is 1.91. The van der Waals surface area contributed by atoms with Crippen LogP contribution in [-0.2, 0) is 4.79 Å². The number of amidine groups is 1. The Morgan fingerprint density at radius 3 is 2.62 bits per heavy atom. The lowest BCUT2D eigenvalue weighted by Crippen LogP contribution is -2.19. The van der Waals surface area contributed by atoms with Crippen LogP contribution in [0.25, 0.3) is 6.08 Å². The Balaban J connectivity index is 2.25. The van der Waals surface area contributed by atoms with Gasteiger partial charge in [-0.15, -0.1) is 0 Å². The van der Waals surface area contributed by atoms with E-state index in [1.165, 1.54) is 0 Å². The first-order valence-electron chi connectivity index (χ1n) is 4.37. The van der Waals surface area contributed by atoms with Gasteiger partial charge in [0.2, 0.25) is 5.17 Å². The quantitative estimate of drug-likeness (QED) is 0.459. The highest BCUT2D eigenvalue weighted by atomic mass is 35.5. The minimum atomic E-state index is -0.271. The van der Waals surface area contributed by atoms with Gasteiger partial charge in [-0.05, 0) is 35.5 Å². The average Bonchev–Trinajstić information content (AvgIpc) is 2.63. The first kappa shape index (κ1) is 11.0. The zero-order valence-electron chi connectivity index (χ0n) is 7.98. The van der Waals surface area contributed by atoms with Crippen molar-refractivity contribution in [3.05, 3.63) is 39.8 Å². The number of hydrogen-bond acceptors (Lipinski definition) is 4. The van der Waals surface area contributed by atoms with E-state index < -0.39 is 0 Å². The predicted molar refractivity (Wildman–Crippen MR) is 64.4 cm³/mol. The molecule has 0 aromatic heterocycles. The van der Waals surface area contributed by atoms with Crippen LogP contribution >= 0.6 is 23.4 Å². The van der Waals surface area contributed by atoms with E-state index in [0.29, 0.717) is 9.93 Å². The minimum absolute atomic E-state index is 0.185. The highest BCUT2D eigenvalue weighted by Gasteiger charge is 2.23. The summed E-state index contributed by atoms with van der Waals surface area (Å²) >= 11 is 6.83. The maximum atomic E-state index is 11.4. The van der Waals surface area contributed by atoms with Crippen molar-refractivity contribution in [1.82, 2.24) is 5.32 Å². The maximum absolute atomic E-state index is 11.4. The van der Waals surface area contributed by atoms with E-state index >= 15 is 0 Å². The number of hydrogen-bond donors (Lipinski definition) is 2. The molecule has 1 aliphatic rings. The molecular formula is C10H7ClN2O2S. The molecule has 16 heavy (non-hydrogen) atoms. The van der Waals surface area contributed by atoms with Gasteiger partial charge in [0, 0.05) is 5.02 Å². The Morgan fingerprint density at radius 2 is 2.06 bits per heavy atom. The van der Waals surface area contributed by atoms with Crippen molar-refractivity contribution in [3.63, 3.8) is 0 Å². The lowest BCUT2D eigenvalue weighted by molar-refractivity contribution is -0.115. The highest BCUT2D eigenvalue weighted by molar-refractivity contribution is 8.18. The summed E-state index contributed by atoms with van der Waals surface area (Å²) in [6, 6.07) is 7.09. The van der Waals surface area contributed by atoms with E-state index in [4.69, 9.17) is 16.8 Å². The van der Waals surface area contributed by atoms with E-state index in [9.17, 15) is 4.79 Å². The van der Waals surface area contributed by atoms with Crippen LogP contribution in [0.3, 0.4) is 0 Å². The fourth-order valence-corrected chi connectivity index (χ4v) is 2.04. The van der Waals surface area contributed by atoms with Crippen molar-refractivity contribution in [2.75, 3.05) is 0 Å². The lowest BCUT2D eigenvalue weighted by atomic mass is 10.2. The number of amides is 1. The standard InChI is InChI=1S/C10H7ClN2O2S/c11-7-3-1-6(2-4-7)5-8-9(14)12-10(13-15)16-8/h1-5,15H,(H,12,13,14)/b8-5+. The molecule has 0 aliphatic carbocycles. The van der Waals surface area contributed by atoms with Crippen molar-refractivity contribution >= 4 is 40.5 Å². The van der Waals surface area contributed by atoms with Gasteiger partial charge < -0.3 is 5.21 Å². The molecule has 0 saturated carbocycles. The van der Waals surface area contributed by atoms with Crippen molar-refractivity contribution < 1.29 is 10.0 Å². The molecule has 82 valence electrons. The molecule has 0 radical (unpaired) electrons. The zero-order valence-corrected chi connectivity index (χ0v) is 9.55. The summed E-state index contributed by atoms with van der Waals surface area (Å²) in [5.74, 6) is -0.271. The molecule has 0 unspecified atom stereocenters. The van der Waals surface area contributed by atoms with Gasteiger partial charge in [-0.25, -0.2) is 0 Å². The number of halogens is 1. The van der Waals surface area contributed by atoms with Gasteiger partial charge in [0.15, 0.2) is 0 Å². The van der Waals surface area contributed by atoms with Gasteiger partial charge in [-0.3, -0.25) is 10.1 Å². The van der Waals surface area contributed by atoms with Crippen LogP contribution in [0.4, 0.5) is 0 Å². The molecule has 0 atom stereocenters. The number of carbonyl (C=O) groups is 1. The van der Waals surface area contributed by atoms with Crippen LogP contribution in [0, 0.1) is 0 Å². The number of nitrogens with one attached hydrogen (secondary N) is 1. The maximum Gasteiger partial charge on any atom is 0.264 e. The van der Waals surface area contributed by atoms with Gasteiger partial charge in [-0.1, -0.05) is 28.9 Å². The van der Waals surface area contributed by atoms with Crippen LogP contribution in [0.2, 0.25) is 5.02 Å². The van der Waals surface area contributed by atoms with Gasteiger partial charge in [0.1, 0.15) is 0 Å².